The summed E-state index contributed by atoms with van der Waals surface area (Å²) in [5, 5.41) is 0. The third-order valence-electron chi connectivity index (χ3n) is 5.97. The van der Waals surface area contributed by atoms with Crippen molar-refractivity contribution in [2.24, 2.45) is 17.3 Å². The first kappa shape index (κ1) is 15.3. The number of fused-ring (bicyclic) bond motifs is 1. The van der Waals surface area contributed by atoms with Gasteiger partial charge < -0.3 is 9.47 Å². The highest BCUT2D eigenvalue weighted by Crippen LogP contribution is 2.53. The van der Waals surface area contributed by atoms with Gasteiger partial charge in [-0.05, 0) is 25.2 Å². The zero-order chi connectivity index (χ0) is 14.9. The predicted octanol–water partition coefficient (Wildman–Crippen LogP) is 4.09. The molecule has 3 rings (SSSR count). The number of hydrogen-bond donors (Lipinski definition) is 0. The molecule has 0 amide bonds. The molecule has 0 spiro atoms. The summed E-state index contributed by atoms with van der Waals surface area (Å²) in [5.41, 5.74) is 0.000195. The summed E-state index contributed by atoms with van der Waals surface area (Å²) in [6, 6.07) is 0. The first-order chi connectivity index (χ1) is 10.1. The largest absolute Gasteiger partial charge is 0.461 e. The minimum Gasteiger partial charge on any atom is -0.461 e. The second-order valence-corrected chi connectivity index (χ2v) is 7.87. The van der Waals surface area contributed by atoms with Crippen molar-refractivity contribution < 1.29 is 14.3 Å². The van der Waals surface area contributed by atoms with E-state index in [1.165, 1.54) is 38.5 Å². The molecule has 120 valence electrons. The van der Waals surface area contributed by atoms with Gasteiger partial charge in [0.1, 0.15) is 6.10 Å². The van der Waals surface area contributed by atoms with Crippen molar-refractivity contribution in [1.82, 2.24) is 0 Å². The lowest BCUT2D eigenvalue weighted by Crippen LogP contribution is -2.61. The fourth-order valence-corrected chi connectivity index (χ4v) is 4.73. The molecule has 21 heavy (non-hydrogen) atoms. The van der Waals surface area contributed by atoms with Crippen LogP contribution >= 0.6 is 0 Å². The number of carbonyl (C=O) groups excluding carboxylic acids is 1. The van der Waals surface area contributed by atoms with E-state index >= 15 is 0 Å². The summed E-state index contributed by atoms with van der Waals surface area (Å²) in [5.74, 6) is 1.32. The average Bonchev–Trinajstić information content (AvgIpc) is 2.93. The summed E-state index contributed by atoms with van der Waals surface area (Å²) in [7, 11) is 0. The van der Waals surface area contributed by atoms with Crippen LogP contribution < -0.4 is 0 Å². The lowest BCUT2D eigenvalue weighted by Gasteiger charge is -2.53. The Kier molecular flexibility index (Phi) is 4.58. The Morgan fingerprint density at radius 1 is 1.19 bits per heavy atom. The molecule has 3 heteroatoms. The Balaban J connectivity index is 1.38. The van der Waals surface area contributed by atoms with Gasteiger partial charge in [0.25, 0.3) is 0 Å². The number of esters is 1. The molecule has 0 aromatic carbocycles. The summed E-state index contributed by atoms with van der Waals surface area (Å²) in [4.78, 5) is 12.1. The van der Waals surface area contributed by atoms with Gasteiger partial charge in [-0.25, -0.2) is 0 Å². The van der Waals surface area contributed by atoms with Gasteiger partial charge in [0.2, 0.25) is 0 Å². The van der Waals surface area contributed by atoms with Gasteiger partial charge in [0, 0.05) is 24.4 Å². The van der Waals surface area contributed by atoms with Crippen LogP contribution in [0.3, 0.4) is 0 Å². The molecule has 3 atom stereocenters. The molecule has 0 radical (unpaired) electrons. The number of carbonyl (C=O) groups is 1. The molecule has 3 fully saturated rings. The molecule has 3 aliphatic rings. The summed E-state index contributed by atoms with van der Waals surface area (Å²) >= 11 is 0. The number of rotatable bonds is 5. The zero-order valence-corrected chi connectivity index (χ0v) is 13.6. The van der Waals surface area contributed by atoms with Crippen molar-refractivity contribution in [3.8, 4) is 0 Å². The molecule has 1 aliphatic heterocycles. The highest BCUT2D eigenvalue weighted by Gasteiger charge is 2.61. The van der Waals surface area contributed by atoms with Crippen LogP contribution in [0, 0.1) is 17.3 Å². The topological polar surface area (TPSA) is 35.5 Å². The molecule has 0 aromatic heterocycles. The van der Waals surface area contributed by atoms with Crippen LogP contribution in [0.1, 0.15) is 71.6 Å². The molecule has 0 aromatic rings. The van der Waals surface area contributed by atoms with Crippen LogP contribution in [-0.4, -0.2) is 24.8 Å². The van der Waals surface area contributed by atoms with Crippen molar-refractivity contribution in [3.63, 3.8) is 0 Å². The second kappa shape index (κ2) is 6.28. The minimum atomic E-state index is 0.000195. The second-order valence-electron chi connectivity index (χ2n) is 7.87. The van der Waals surface area contributed by atoms with Gasteiger partial charge in [0.15, 0.2) is 0 Å². The summed E-state index contributed by atoms with van der Waals surface area (Å²) in [6.07, 6.45) is 11.1. The van der Waals surface area contributed by atoms with Crippen LogP contribution in [0.5, 0.6) is 0 Å². The molecule has 0 unspecified atom stereocenters. The quantitative estimate of drug-likeness (QED) is 0.716. The molecule has 0 bridgehead atoms. The fraction of sp³-hybridized carbons (Fsp3) is 0.944. The van der Waals surface area contributed by atoms with Crippen LogP contribution in [0.25, 0.3) is 0 Å². The van der Waals surface area contributed by atoms with E-state index < -0.39 is 0 Å². The standard InChI is InChI=1S/C18H30O3/c1-18(2)16-14(11-12-20-16)17(18)21-15(19)10-6-9-13-7-4-3-5-8-13/h13-14,16-17H,3-12H2,1-2H3/t14-,16-,17+/m1/s1. The van der Waals surface area contributed by atoms with Crippen LogP contribution in [0.15, 0.2) is 0 Å². The highest BCUT2D eigenvalue weighted by molar-refractivity contribution is 5.69. The van der Waals surface area contributed by atoms with E-state index in [2.05, 4.69) is 13.8 Å². The van der Waals surface area contributed by atoms with Crippen LogP contribution in [0.2, 0.25) is 0 Å². The van der Waals surface area contributed by atoms with Crippen molar-refractivity contribution in [3.05, 3.63) is 0 Å². The van der Waals surface area contributed by atoms with Gasteiger partial charge in [-0.15, -0.1) is 0 Å². The van der Waals surface area contributed by atoms with Crippen molar-refractivity contribution >= 4 is 5.97 Å². The van der Waals surface area contributed by atoms with Crippen LogP contribution in [-0.2, 0) is 14.3 Å². The summed E-state index contributed by atoms with van der Waals surface area (Å²) < 4.78 is 11.5. The van der Waals surface area contributed by atoms with E-state index in [1.54, 1.807) is 0 Å². The molecule has 2 saturated carbocycles. The Morgan fingerprint density at radius 3 is 2.71 bits per heavy atom. The number of hydrogen-bond acceptors (Lipinski definition) is 3. The van der Waals surface area contributed by atoms with E-state index in [0.717, 1.165) is 25.4 Å². The zero-order valence-electron chi connectivity index (χ0n) is 13.6. The monoisotopic (exact) mass is 294 g/mol. The summed E-state index contributed by atoms with van der Waals surface area (Å²) in [6.45, 7) is 5.16. The van der Waals surface area contributed by atoms with Crippen LogP contribution in [0.4, 0.5) is 0 Å². The molecular weight excluding hydrogens is 264 g/mol. The third-order valence-corrected chi connectivity index (χ3v) is 5.97. The van der Waals surface area contributed by atoms with E-state index in [-0.39, 0.29) is 17.5 Å². The molecule has 2 aliphatic carbocycles. The van der Waals surface area contributed by atoms with Gasteiger partial charge in [-0.2, -0.15) is 0 Å². The van der Waals surface area contributed by atoms with Crippen molar-refractivity contribution in [1.29, 1.82) is 0 Å². The van der Waals surface area contributed by atoms with E-state index in [0.29, 0.717) is 18.4 Å². The lowest BCUT2D eigenvalue weighted by molar-refractivity contribution is -0.210. The Morgan fingerprint density at radius 2 is 1.95 bits per heavy atom. The molecule has 1 heterocycles. The Labute approximate surface area is 128 Å². The van der Waals surface area contributed by atoms with Crippen molar-refractivity contribution in [2.75, 3.05) is 6.61 Å². The van der Waals surface area contributed by atoms with E-state index in [1.807, 2.05) is 0 Å². The fourth-order valence-electron chi connectivity index (χ4n) is 4.73. The maximum absolute atomic E-state index is 12.1. The first-order valence-electron chi connectivity index (χ1n) is 8.90. The van der Waals surface area contributed by atoms with Gasteiger partial charge in [-0.1, -0.05) is 46.0 Å². The SMILES string of the molecule is CC1(C)[C@@H]2OCC[C@H]2[C@@H]1OC(=O)CCCC1CCCCC1. The van der Waals surface area contributed by atoms with Gasteiger partial charge in [0.05, 0.1) is 6.10 Å². The molecule has 1 saturated heterocycles. The first-order valence-corrected chi connectivity index (χ1v) is 8.90. The van der Waals surface area contributed by atoms with E-state index in [9.17, 15) is 4.79 Å². The van der Waals surface area contributed by atoms with Gasteiger partial charge in [-0.3, -0.25) is 4.79 Å². The highest BCUT2D eigenvalue weighted by atomic mass is 16.6. The molecule has 3 nitrogen and oxygen atoms in total. The molecular formula is C18H30O3. The smallest absolute Gasteiger partial charge is 0.306 e. The minimum absolute atomic E-state index is 0.000195. The molecule has 0 N–H and O–H groups in total. The Bertz CT molecular complexity index is 371. The average molecular weight is 294 g/mol. The van der Waals surface area contributed by atoms with Crippen molar-refractivity contribution in [2.45, 2.75) is 83.8 Å². The maximum atomic E-state index is 12.1. The normalized spacial score (nSPS) is 35.0. The third kappa shape index (κ3) is 3.13. The predicted molar refractivity (Wildman–Crippen MR) is 81.9 cm³/mol. The van der Waals surface area contributed by atoms with Gasteiger partial charge >= 0.3 is 5.97 Å². The lowest BCUT2D eigenvalue weighted by atomic mass is 9.59. The Hall–Kier alpha value is -0.570. The van der Waals surface area contributed by atoms with E-state index in [4.69, 9.17) is 9.47 Å². The maximum Gasteiger partial charge on any atom is 0.306 e. The number of ether oxygens (including phenoxy) is 2.